The first-order valence-electron chi connectivity index (χ1n) is 5.09. The van der Waals surface area contributed by atoms with Gasteiger partial charge < -0.3 is 10.8 Å². The topological polar surface area (TPSA) is 80.4 Å². The molecule has 0 saturated heterocycles. The Morgan fingerprint density at radius 2 is 2.00 bits per heavy atom. The molecule has 1 atom stereocenters. The van der Waals surface area contributed by atoms with Gasteiger partial charge >= 0.3 is 5.97 Å². The molecule has 0 aliphatic rings. The molecule has 3 N–H and O–H groups in total. The van der Waals surface area contributed by atoms with Gasteiger partial charge in [-0.2, -0.15) is 0 Å². The van der Waals surface area contributed by atoms with E-state index in [1.807, 2.05) is 0 Å². The molecule has 0 amide bonds. The van der Waals surface area contributed by atoms with Crippen LogP contribution in [0.3, 0.4) is 0 Å². The average Bonchev–Trinajstić information content (AvgIpc) is 2.25. The number of benzene rings is 1. The van der Waals surface area contributed by atoms with Crippen molar-refractivity contribution in [2.75, 3.05) is 0 Å². The van der Waals surface area contributed by atoms with E-state index in [4.69, 9.17) is 10.8 Å². The molecule has 0 spiro atoms. The van der Waals surface area contributed by atoms with Gasteiger partial charge in [-0.3, -0.25) is 9.59 Å². The van der Waals surface area contributed by atoms with E-state index in [1.165, 1.54) is 6.92 Å². The Bertz CT molecular complexity index is 401. The van der Waals surface area contributed by atoms with Crippen molar-refractivity contribution in [3.8, 4) is 0 Å². The summed E-state index contributed by atoms with van der Waals surface area (Å²) in [5.74, 6) is -0.933. The van der Waals surface area contributed by atoms with Gasteiger partial charge in [0.05, 0.1) is 0 Å². The third-order valence-corrected chi connectivity index (χ3v) is 2.41. The zero-order valence-electron chi connectivity index (χ0n) is 9.14. The fourth-order valence-corrected chi connectivity index (χ4v) is 1.58. The summed E-state index contributed by atoms with van der Waals surface area (Å²) in [6.07, 6.45) is 0.340. The number of Topliss-reactive ketones (excluding diaryl/α,β-unsaturated/α-hetero) is 1. The minimum absolute atomic E-state index is 0.00735. The lowest BCUT2D eigenvalue weighted by Crippen LogP contribution is -2.15. The number of carbonyl (C=O) groups is 2. The van der Waals surface area contributed by atoms with Crippen LogP contribution in [0, 0.1) is 0 Å². The van der Waals surface area contributed by atoms with E-state index >= 15 is 0 Å². The van der Waals surface area contributed by atoms with Crippen LogP contribution in [-0.2, 0) is 4.79 Å². The standard InChI is InChI=1S/C12H15NO3/c1-8(14)9-4-2-3-5-10(9)11(13)6-7-12(15)16/h2-5,11H,6-7,13H2,1H3,(H,15,16)/t11-/m1/s1. The molecule has 1 aromatic rings. The van der Waals surface area contributed by atoms with Crippen molar-refractivity contribution < 1.29 is 14.7 Å². The number of hydrogen-bond acceptors (Lipinski definition) is 3. The molecule has 0 aliphatic heterocycles. The number of hydrogen-bond donors (Lipinski definition) is 2. The van der Waals surface area contributed by atoms with Crippen LogP contribution in [0.25, 0.3) is 0 Å². The largest absolute Gasteiger partial charge is 0.481 e. The second-order valence-corrected chi connectivity index (χ2v) is 3.68. The lowest BCUT2D eigenvalue weighted by molar-refractivity contribution is -0.137. The molecule has 0 bridgehead atoms. The van der Waals surface area contributed by atoms with E-state index in [0.717, 1.165) is 5.56 Å². The molecule has 0 aromatic heterocycles. The third-order valence-electron chi connectivity index (χ3n) is 2.41. The second kappa shape index (κ2) is 5.42. The van der Waals surface area contributed by atoms with Crippen LogP contribution in [0.4, 0.5) is 0 Å². The highest BCUT2D eigenvalue weighted by Crippen LogP contribution is 2.20. The minimum atomic E-state index is -0.879. The van der Waals surface area contributed by atoms with E-state index < -0.39 is 12.0 Å². The minimum Gasteiger partial charge on any atom is -0.481 e. The fourth-order valence-electron chi connectivity index (χ4n) is 1.58. The van der Waals surface area contributed by atoms with E-state index in [-0.39, 0.29) is 12.2 Å². The molecule has 0 heterocycles. The van der Waals surface area contributed by atoms with Crippen LogP contribution in [0.15, 0.2) is 24.3 Å². The Kier molecular flexibility index (Phi) is 4.19. The lowest BCUT2D eigenvalue weighted by Gasteiger charge is -2.13. The molecule has 4 nitrogen and oxygen atoms in total. The molecule has 0 unspecified atom stereocenters. The number of carboxylic acid groups (broad SMARTS) is 1. The summed E-state index contributed by atoms with van der Waals surface area (Å²) in [7, 11) is 0. The maximum absolute atomic E-state index is 11.3. The summed E-state index contributed by atoms with van der Waals surface area (Å²) >= 11 is 0. The summed E-state index contributed by atoms with van der Waals surface area (Å²) in [4.78, 5) is 21.8. The zero-order valence-corrected chi connectivity index (χ0v) is 9.14. The van der Waals surface area contributed by atoms with Gasteiger partial charge in [-0.1, -0.05) is 24.3 Å². The van der Waals surface area contributed by atoms with E-state index in [0.29, 0.717) is 12.0 Å². The Balaban J connectivity index is 2.85. The summed E-state index contributed by atoms with van der Waals surface area (Å²) in [6, 6.07) is 6.63. The van der Waals surface area contributed by atoms with Crippen LogP contribution in [0.2, 0.25) is 0 Å². The van der Waals surface area contributed by atoms with Crippen LogP contribution in [0.1, 0.15) is 41.7 Å². The number of ketones is 1. The lowest BCUT2D eigenvalue weighted by atomic mass is 9.95. The molecular formula is C12H15NO3. The predicted octanol–water partition coefficient (Wildman–Crippen LogP) is 1.75. The summed E-state index contributed by atoms with van der Waals surface area (Å²) in [5.41, 5.74) is 7.15. The van der Waals surface area contributed by atoms with Crippen molar-refractivity contribution in [1.29, 1.82) is 0 Å². The van der Waals surface area contributed by atoms with Gasteiger partial charge in [-0.05, 0) is 18.9 Å². The van der Waals surface area contributed by atoms with Crippen molar-refractivity contribution in [1.82, 2.24) is 0 Å². The Hall–Kier alpha value is -1.68. The maximum Gasteiger partial charge on any atom is 0.303 e. The van der Waals surface area contributed by atoms with E-state index in [2.05, 4.69) is 0 Å². The first-order chi connectivity index (χ1) is 7.52. The van der Waals surface area contributed by atoms with E-state index in [9.17, 15) is 9.59 Å². The molecule has 0 saturated carbocycles. The van der Waals surface area contributed by atoms with Gasteiger partial charge in [0.2, 0.25) is 0 Å². The Labute approximate surface area is 94.1 Å². The number of carbonyl (C=O) groups excluding carboxylic acids is 1. The van der Waals surface area contributed by atoms with Crippen molar-refractivity contribution >= 4 is 11.8 Å². The van der Waals surface area contributed by atoms with Crippen molar-refractivity contribution in [2.24, 2.45) is 5.73 Å². The normalized spacial score (nSPS) is 12.1. The van der Waals surface area contributed by atoms with Crippen molar-refractivity contribution in [2.45, 2.75) is 25.8 Å². The number of carboxylic acids is 1. The smallest absolute Gasteiger partial charge is 0.303 e. The monoisotopic (exact) mass is 221 g/mol. The highest BCUT2D eigenvalue weighted by molar-refractivity contribution is 5.95. The molecule has 4 heteroatoms. The quantitative estimate of drug-likeness (QED) is 0.742. The summed E-state index contributed by atoms with van der Waals surface area (Å²) in [5, 5.41) is 8.57. The first kappa shape index (κ1) is 12.4. The predicted molar refractivity (Wildman–Crippen MR) is 60.2 cm³/mol. The highest BCUT2D eigenvalue weighted by Gasteiger charge is 2.14. The number of nitrogens with two attached hydrogens (primary N) is 1. The summed E-state index contributed by atoms with van der Waals surface area (Å²) < 4.78 is 0. The third kappa shape index (κ3) is 3.17. The van der Waals surface area contributed by atoms with Gasteiger partial charge in [-0.15, -0.1) is 0 Å². The van der Waals surface area contributed by atoms with Gasteiger partial charge in [-0.25, -0.2) is 0 Å². The molecule has 0 fully saturated rings. The second-order valence-electron chi connectivity index (χ2n) is 3.68. The number of aliphatic carboxylic acids is 1. The summed E-state index contributed by atoms with van der Waals surface area (Å²) in [6.45, 7) is 1.47. The van der Waals surface area contributed by atoms with Gasteiger partial charge in [0, 0.05) is 18.0 Å². The molecule has 1 rings (SSSR count). The fraction of sp³-hybridized carbons (Fsp3) is 0.333. The first-order valence-corrected chi connectivity index (χ1v) is 5.09. The van der Waals surface area contributed by atoms with E-state index in [1.54, 1.807) is 24.3 Å². The van der Waals surface area contributed by atoms with Crippen LogP contribution < -0.4 is 5.73 Å². The molecule has 1 aromatic carbocycles. The van der Waals surface area contributed by atoms with Gasteiger partial charge in [0.1, 0.15) is 0 Å². The van der Waals surface area contributed by atoms with Crippen molar-refractivity contribution in [3.63, 3.8) is 0 Å². The van der Waals surface area contributed by atoms with Crippen LogP contribution >= 0.6 is 0 Å². The van der Waals surface area contributed by atoms with Gasteiger partial charge in [0.15, 0.2) is 5.78 Å². The molecule has 86 valence electrons. The van der Waals surface area contributed by atoms with Crippen LogP contribution in [-0.4, -0.2) is 16.9 Å². The van der Waals surface area contributed by atoms with Crippen LogP contribution in [0.5, 0.6) is 0 Å². The molecule has 0 radical (unpaired) electrons. The maximum atomic E-state index is 11.3. The number of rotatable bonds is 5. The molecule has 16 heavy (non-hydrogen) atoms. The highest BCUT2D eigenvalue weighted by atomic mass is 16.4. The molecular weight excluding hydrogens is 206 g/mol. The van der Waals surface area contributed by atoms with Gasteiger partial charge in [0.25, 0.3) is 0 Å². The SMILES string of the molecule is CC(=O)c1ccccc1[C@H](N)CCC(=O)O. The molecule has 0 aliphatic carbocycles. The average molecular weight is 221 g/mol. The Morgan fingerprint density at radius 3 is 2.56 bits per heavy atom. The van der Waals surface area contributed by atoms with Crippen molar-refractivity contribution in [3.05, 3.63) is 35.4 Å². The zero-order chi connectivity index (χ0) is 12.1. The Morgan fingerprint density at radius 1 is 1.38 bits per heavy atom.